The second kappa shape index (κ2) is 12.7. The van der Waals surface area contributed by atoms with Gasteiger partial charge >= 0.3 is 0 Å². The quantitative estimate of drug-likeness (QED) is 0.483. The summed E-state index contributed by atoms with van der Waals surface area (Å²) in [6, 6.07) is 8.72. The zero-order valence-electron chi connectivity index (χ0n) is 19.8. The van der Waals surface area contributed by atoms with E-state index in [1.165, 1.54) is 48.1 Å². The van der Waals surface area contributed by atoms with E-state index in [4.69, 9.17) is 0 Å². The van der Waals surface area contributed by atoms with Crippen molar-refractivity contribution < 1.29 is 4.79 Å². The van der Waals surface area contributed by atoms with Crippen LogP contribution in [0.3, 0.4) is 0 Å². The molecular formula is C27H42N2O. The maximum absolute atomic E-state index is 13.3. The van der Waals surface area contributed by atoms with Crippen molar-refractivity contribution in [3.8, 4) is 0 Å². The van der Waals surface area contributed by atoms with Crippen molar-refractivity contribution in [2.75, 3.05) is 19.6 Å². The molecule has 3 rings (SSSR count). The number of rotatable bonds is 9. The predicted octanol–water partition coefficient (Wildman–Crippen LogP) is 6.32. The summed E-state index contributed by atoms with van der Waals surface area (Å²) < 4.78 is 0. The van der Waals surface area contributed by atoms with Gasteiger partial charge in [0.15, 0.2) is 0 Å². The Balaban J connectivity index is 0.00000155. The standard InChI is InChI=1S/C25H36N2O.C2H6/c1-4-7-11-16-27-17-15-19(18-27)26-25(28)24-20(6-3)21(12-8-5-2)22-13-9-10-14-23(22)24;1-2/h8-10,12-14,19,24H,4-7,11,15-18H2,1-3H3,(H,26,28);1-2H3/b12-8-;. The van der Waals surface area contributed by atoms with Crippen LogP contribution in [-0.2, 0) is 4.79 Å². The molecule has 1 N–H and O–H groups in total. The van der Waals surface area contributed by atoms with Gasteiger partial charge in [0.25, 0.3) is 0 Å². The SMILES string of the molecule is CC.CC/C=C\C1=C(CC)C(C(=O)NC2CCN(CCCCC)C2)c2ccccc21. The fraction of sp³-hybridized carbons (Fsp3) is 0.593. The highest BCUT2D eigenvalue weighted by molar-refractivity contribution is 5.97. The third-order valence-corrected chi connectivity index (χ3v) is 6.12. The first-order valence-corrected chi connectivity index (χ1v) is 12.2. The average molecular weight is 411 g/mol. The minimum Gasteiger partial charge on any atom is -0.351 e. The third kappa shape index (κ3) is 5.85. The monoisotopic (exact) mass is 410 g/mol. The van der Waals surface area contributed by atoms with Crippen molar-refractivity contribution in [2.45, 2.75) is 85.1 Å². The van der Waals surface area contributed by atoms with Gasteiger partial charge in [-0.15, -0.1) is 0 Å². The lowest BCUT2D eigenvalue weighted by atomic mass is 9.93. The number of carbonyl (C=O) groups is 1. The molecule has 1 aromatic rings. The molecule has 0 radical (unpaired) electrons. The molecule has 1 aliphatic heterocycles. The minimum atomic E-state index is -0.133. The van der Waals surface area contributed by atoms with Gasteiger partial charge in [-0.1, -0.05) is 83.9 Å². The maximum Gasteiger partial charge on any atom is 0.231 e. The molecule has 0 spiro atoms. The molecule has 1 fully saturated rings. The number of nitrogens with zero attached hydrogens (tertiary/aromatic N) is 1. The zero-order valence-corrected chi connectivity index (χ0v) is 19.8. The van der Waals surface area contributed by atoms with Crippen LogP contribution in [0, 0.1) is 0 Å². The number of benzene rings is 1. The van der Waals surface area contributed by atoms with Crippen molar-refractivity contribution >= 4 is 11.5 Å². The van der Waals surface area contributed by atoms with Gasteiger partial charge in [-0.25, -0.2) is 0 Å². The van der Waals surface area contributed by atoms with E-state index in [0.29, 0.717) is 0 Å². The first-order chi connectivity index (χ1) is 14.7. The Labute approximate surface area is 184 Å². The summed E-state index contributed by atoms with van der Waals surface area (Å²) in [6.45, 7) is 13.8. The summed E-state index contributed by atoms with van der Waals surface area (Å²) in [7, 11) is 0. The van der Waals surface area contributed by atoms with Crippen LogP contribution in [-0.4, -0.2) is 36.5 Å². The highest BCUT2D eigenvalue weighted by Crippen LogP contribution is 2.44. The number of hydrogen-bond donors (Lipinski definition) is 1. The van der Waals surface area contributed by atoms with Gasteiger partial charge in [0.1, 0.15) is 0 Å². The molecule has 1 saturated heterocycles. The molecule has 3 heteroatoms. The van der Waals surface area contributed by atoms with Crippen LogP contribution in [0.1, 0.15) is 90.2 Å². The van der Waals surface area contributed by atoms with Crippen LogP contribution < -0.4 is 5.32 Å². The summed E-state index contributed by atoms with van der Waals surface area (Å²) in [6.07, 6.45) is 11.2. The number of carbonyl (C=O) groups excluding carboxylic acids is 1. The molecule has 2 atom stereocenters. The third-order valence-electron chi connectivity index (χ3n) is 6.12. The summed E-state index contributed by atoms with van der Waals surface area (Å²) in [5.74, 6) is 0.0523. The number of allylic oxidation sites excluding steroid dienone is 3. The molecule has 1 aliphatic carbocycles. The summed E-state index contributed by atoms with van der Waals surface area (Å²) >= 11 is 0. The molecule has 166 valence electrons. The Bertz CT molecular complexity index is 734. The largest absolute Gasteiger partial charge is 0.351 e. The Morgan fingerprint density at radius 2 is 1.93 bits per heavy atom. The van der Waals surface area contributed by atoms with Gasteiger partial charge in [-0.3, -0.25) is 4.79 Å². The summed E-state index contributed by atoms with van der Waals surface area (Å²) in [5, 5.41) is 3.38. The maximum atomic E-state index is 13.3. The fourth-order valence-electron chi connectivity index (χ4n) is 4.66. The van der Waals surface area contributed by atoms with Crippen LogP contribution >= 0.6 is 0 Å². The van der Waals surface area contributed by atoms with E-state index in [9.17, 15) is 4.79 Å². The molecule has 0 aromatic heterocycles. The number of fused-ring (bicyclic) bond motifs is 1. The van der Waals surface area contributed by atoms with Crippen molar-refractivity contribution in [3.05, 3.63) is 53.1 Å². The molecule has 3 nitrogen and oxygen atoms in total. The van der Waals surface area contributed by atoms with E-state index < -0.39 is 0 Å². The summed E-state index contributed by atoms with van der Waals surface area (Å²) in [5.41, 5.74) is 4.93. The molecule has 1 heterocycles. The number of likely N-dealkylation sites (tertiary alicyclic amines) is 1. The first-order valence-electron chi connectivity index (χ1n) is 12.2. The van der Waals surface area contributed by atoms with Crippen LogP contribution in [0.25, 0.3) is 5.57 Å². The normalized spacial score (nSPS) is 21.0. The molecular weight excluding hydrogens is 368 g/mol. The van der Waals surface area contributed by atoms with Gasteiger partial charge in [-0.2, -0.15) is 0 Å². The van der Waals surface area contributed by atoms with Gasteiger partial charge < -0.3 is 10.2 Å². The number of amides is 1. The Hall–Kier alpha value is -1.87. The van der Waals surface area contributed by atoms with Crippen molar-refractivity contribution in [1.82, 2.24) is 10.2 Å². The molecule has 1 amide bonds. The average Bonchev–Trinajstić information content (AvgIpc) is 3.35. The van der Waals surface area contributed by atoms with Gasteiger partial charge in [0.05, 0.1) is 5.92 Å². The molecule has 0 bridgehead atoms. The molecule has 30 heavy (non-hydrogen) atoms. The minimum absolute atomic E-state index is 0.133. The highest BCUT2D eigenvalue weighted by Gasteiger charge is 2.35. The van der Waals surface area contributed by atoms with E-state index in [2.05, 4.69) is 67.4 Å². The Morgan fingerprint density at radius 3 is 2.63 bits per heavy atom. The molecule has 2 unspecified atom stereocenters. The van der Waals surface area contributed by atoms with Crippen LogP contribution in [0.15, 0.2) is 42.0 Å². The number of nitrogens with one attached hydrogen (secondary N) is 1. The zero-order chi connectivity index (χ0) is 21.9. The topological polar surface area (TPSA) is 32.3 Å². The number of hydrogen-bond acceptors (Lipinski definition) is 2. The Kier molecular flexibility index (Phi) is 10.4. The smallest absolute Gasteiger partial charge is 0.231 e. The van der Waals surface area contributed by atoms with Gasteiger partial charge in [0.2, 0.25) is 5.91 Å². The van der Waals surface area contributed by atoms with Gasteiger partial charge in [0, 0.05) is 19.1 Å². The molecule has 2 aliphatic rings. The van der Waals surface area contributed by atoms with E-state index in [1.54, 1.807) is 0 Å². The van der Waals surface area contributed by atoms with Crippen molar-refractivity contribution in [2.24, 2.45) is 0 Å². The lowest BCUT2D eigenvalue weighted by molar-refractivity contribution is -0.122. The first kappa shape index (κ1) is 24.4. The highest BCUT2D eigenvalue weighted by atomic mass is 16.2. The van der Waals surface area contributed by atoms with Crippen LogP contribution in [0.2, 0.25) is 0 Å². The van der Waals surface area contributed by atoms with E-state index >= 15 is 0 Å². The van der Waals surface area contributed by atoms with Crippen molar-refractivity contribution in [1.29, 1.82) is 0 Å². The second-order valence-electron chi connectivity index (χ2n) is 8.13. The Morgan fingerprint density at radius 1 is 1.17 bits per heavy atom. The van der Waals surface area contributed by atoms with E-state index in [1.807, 2.05) is 13.8 Å². The fourth-order valence-corrected chi connectivity index (χ4v) is 4.66. The van der Waals surface area contributed by atoms with Crippen LogP contribution in [0.4, 0.5) is 0 Å². The molecule has 1 aromatic carbocycles. The summed E-state index contributed by atoms with van der Waals surface area (Å²) in [4.78, 5) is 15.8. The molecule has 0 saturated carbocycles. The van der Waals surface area contributed by atoms with Crippen LogP contribution in [0.5, 0.6) is 0 Å². The van der Waals surface area contributed by atoms with Gasteiger partial charge in [-0.05, 0) is 54.5 Å². The van der Waals surface area contributed by atoms with E-state index in [0.717, 1.165) is 32.4 Å². The predicted molar refractivity (Wildman–Crippen MR) is 130 cm³/mol. The lowest BCUT2D eigenvalue weighted by Crippen LogP contribution is -2.40. The lowest BCUT2D eigenvalue weighted by Gasteiger charge is -2.20. The van der Waals surface area contributed by atoms with E-state index in [-0.39, 0.29) is 17.9 Å². The second-order valence-corrected chi connectivity index (χ2v) is 8.13. The number of unbranched alkanes of at least 4 members (excludes halogenated alkanes) is 2. The van der Waals surface area contributed by atoms with Crippen molar-refractivity contribution in [3.63, 3.8) is 0 Å².